The predicted octanol–water partition coefficient (Wildman–Crippen LogP) is 1.34. The number of carbonyl (C=O) groups excluding carboxylic acids is 1. The number of thiazole rings is 1. The molecule has 0 aliphatic carbocycles. The number of amides is 1. The van der Waals surface area contributed by atoms with Crippen molar-refractivity contribution < 1.29 is 4.79 Å². The molecule has 1 amide bonds. The van der Waals surface area contributed by atoms with E-state index in [1.165, 1.54) is 11.3 Å². The van der Waals surface area contributed by atoms with E-state index in [1.807, 2.05) is 4.90 Å². The van der Waals surface area contributed by atoms with Gasteiger partial charge in [0, 0.05) is 24.5 Å². The number of hydrogen-bond acceptors (Lipinski definition) is 4. The van der Waals surface area contributed by atoms with Crippen LogP contribution in [-0.2, 0) is 0 Å². The molecule has 2 rings (SSSR count). The lowest BCUT2D eigenvalue weighted by atomic mass is 9.92. The van der Waals surface area contributed by atoms with Gasteiger partial charge in [0.15, 0.2) is 0 Å². The van der Waals surface area contributed by atoms with E-state index in [1.54, 1.807) is 10.9 Å². The van der Waals surface area contributed by atoms with Gasteiger partial charge in [-0.3, -0.25) is 4.79 Å². The number of rotatable bonds is 2. The van der Waals surface area contributed by atoms with Crippen molar-refractivity contribution in [3.05, 3.63) is 16.6 Å². The van der Waals surface area contributed by atoms with Crippen LogP contribution in [0, 0.1) is 5.92 Å². The van der Waals surface area contributed by atoms with E-state index in [4.69, 9.17) is 5.73 Å². The average molecular weight is 239 g/mol. The molecule has 1 aromatic rings. The molecule has 2 heterocycles. The van der Waals surface area contributed by atoms with E-state index in [2.05, 4.69) is 11.9 Å². The molecule has 1 aliphatic rings. The number of piperidine rings is 1. The molecule has 4 nitrogen and oxygen atoms in total. The topological polar surface area (TPSA) is 59.2 Å². The molecule has 0 aromatic carbocycles. The van der Waals surface area contributed by atoms with Crippen LogP contribution in [0.1, 0.15) is 30.3 Å². The molecule has 1 saturated heterocycles. The van der Waals surface area contributed by atoms with Crippen LogP contribution in [-0.4, -0.2) is 34.9 Å². The summed E-state index contributed by atoms with van der Waals surface area (Å²) in [6.45, 7) is 3.56. The van der Waals surface area contributed by atoms with E-state index in [9.17, 15) is 4.79 Å². The largest absolute Gasteiger partial charge is 0.333 e. The van der Waals surface area contributed by atoms with Crippen molar-refractivity contribution in [2.24, 2.45) is 11.7 Å². The summed E-state index contributed by atoms with van der Waals surface area (Å²) in [6, 6.07) is 0.179. The van der Waals surface area contributed by atoms with E-state index >= 15 is 0 Å². The van der Waals surface area contributed by atoms with Gasteiger partial charge in [0.25, 0.3) is 5.91 Å². The molecule has 2 unspecified atom stereocenters. The van der Waals surface area contributed by atoms with E-state index in [0.717, 1.165) is 19.4 Å². The monoisotopic (exact) mass is 239 g/mol. The molecule has 1 fully saturated rings. The number of nitrogens with two attached hydrogens (primary N) is 1. The molecule has 16 heavy (non-hydrogen) atoms. The first-order valence-corrected chi connectivity index (χ1v) is 6.56. The standard InChI is InChI=1S/C11H17N3OS/c1-8-2-3-14(9(4-8)5-12)11(15)10-6-16-7-13-10/h6-9H,2-5,12H2,1H3. The minimum atomic E-state index is 0.0311. The minimum Gasteiger partial charge on any atom is -0.333 e. The van der Waals surface area contributed by atoms with Crippen LogP contribution in [0.15, 0.2) is 10.9 Å². The molecule has 0 spiro atoms. The molecular weight excluding hydrogens is 222 g/mol. The third kappa shape index (κ3) is 2.25. The van der Waals surface area contributed by atoms with Crippen LogP contribution in [0.25, 0.3) is 0 Å². The first-order chi connectivity index (χ1) is 7.72. The summed E-state index contributed by atoms with van der Waals surface area (Å²) in [6.07, 6.45) is 2.07. The van der Waals surface area contributed by atoms with Crippen molar-refractivity contribution in [1.82, 2.24) is 9.88 Å². The summed E-state index contributed by atoms with van der Waals surface area (Å²) in [7, 11) is 0. The van der Waals surface area contributed by atoms with Crippen molar-refractivity contribution in [3.8, 4) is 0 Å². The molecule has 1 aromatic heterocycles. The SMILES string of the molecule is CC1CCN(C(=O)c2cscn2)C(CN)C1. The smallest absolute Gasteiger partial charge is 0.273 e. The van der Waals surface area contributed by atoms with E-state index < -0.39 is 0 Å². The Hall–Kier alpha value is -0.940. The zero-order valence-corrected chi connectivity index (χ0v) is 10.2. The Labute approximate surface area is 99.5 Å². The second-order valence-electron chi connectivity index (χ2n) is 4.39. The Bertz CT molecular complexity index is 352. The number of aromatic nitrogens is 1. The Balaban J connectivity index is 2.10. The molecule has 2 atom stereocenters. The Kier molecular flexibility index (Phi) is 3.56. The first kappa shape index (κ1) is 11.5. The molecule has 1 aliphatic heterocycles. The van der Waals surface area contributed by atoms with Gasteiger partial charge in [-0.15, -0.1) is 11.3 Å². The van der Waals surface area contributed by atoms with Gasteiger partial charge in [-0.1, -0.05) is 6.92 Å². The van der Waals surface area contributed by atoms with Gasteiger partial charge in [-0.05, 0) is 18.8 Å². The van der Waals surface area contributed by atoms with Gasteiger partial charge in [0.2, 0.25) is 0 Å². The van der Waals surface area contributed by atoms with Crippen molar-refractivity contribution in [2.45, 2.75) is 25.8 Å². The molecule has 88 valence electrons. The normalized spacial score (nSPS) is 25.8. The van der Waals surface area contributed by atoms with Crippen LogP contribution in [0.4, 0.5) is 0 Å². The van der Waals surface area contributed by atoms with Gasteiger partial charge < -0.3 is 10.6 Å². The van der Waals surface area contributed by atoms with E-state index in [-0.39, 0.29) is 11.9 Å². The fraction of sp³-hybridized carbons (Fsp3) is 0.636. The fourth-order valence-corrected chi connectivity index (χ4v) is 2.73. The van der Waals surface area contributed by atoms with Gasteiger partial charge in [0.1, 0.15) is 5.69 Å². The second-order valence-corrected chi connectivity index (χ2v) is 5.11. The highest BCUT2D eigenvalue weighted by molar-refractivity contribution is 7.07. The molecular formula is C11H17N3OS. The maximum atomic E-state index is 12.2. The molecule has 5 heteroatoms. The lowest BCUT2D eigenvalue weighted by Gasteiger charge is -2.37. The fourth-order valence-electron chi connectivity index (χ4n) is 2.21. The Morgan fingerprint density at radius 1 is 1.75 bits per heavy atom. The zero-order chi connectivity index (χ0) is 11.5. The van der Waals surface area contributed by atoms with Crippen LogP contribution >= 0.6 is 11.3 Å². The molecule has 0 bridgehead atoms. The number of likely N-dealkylation sites (tertiary alicyclic amines) is 1. The van der Waals surface area contributed by atoms with Crippen molar-refractivity contribution in [3.63, 3.8) is 0 Å². The Morgan fingerprint density at radius 2 is 2.56 bits per heavy atom. The number of hydrogen-bond donors (Lipinski definition) is 1. The van der Waals surface area contributed by atoms with E-state index in [0.29, 0.717) is 18.2 Å². The highest BCUT2D eigenvalue weighted by atomic mass is 32.1. The first-order valence-electron chi connectivity index (χ1n) is 5.61. The lowest BCUT2D eigenvalue weighted by Crippen LogP contribution is -2.49. The highest BCUT2D eigenvalue weighted by Gasteiger charge is 2.30. The van der Waals surface area contributed by atoms with Crippen molar-refractivity contribution in [1.29, 1.82) is 0 Å². The summed E-state index contributed by atoms with van der Waals surface area (Å²) in [4.78, 5) is 18.1. The van der Waals surface area contributed by atoms with Gasteiger partial charge >= 0.3 is 0 Å². The van der Waals surface area contributed by atoms with Crippen LogP contribution in [0.3, 0.4) is 0 Å². The van der Waals surface area contributed by atoms with Crippen LogP contribution < -0.4 is 5.73 Å². The Morgan fingerprint density at radius 3 is 3.19 bits per heavy atom. The van der Waals surface area contributed by atoms with Gasteiger partial charge in [0.05, 0.1) is 5.51 Å². The average Bonchev–Trinajstić information content (AvgIpc) is 2.81. The maximum Gasteiger partial charge on any atom is 0.273 e. The third-order valence-electron chi connectivity index (χ3n) is 3.16. The minimum absolute atomic E-state index is 0.0311. The molecule has 0 radical (unpaired) electrons. The van der Waals surface area contributed by atoms with Crippen molar-refractivity contribution >= 4 is 17.2 Å². The zero-order valence-electron chi connectivity index (χ0n) is 9.43. The van der Waals surface area contributed by atoms with Gasteiger partial charge in [-0.25, -0.2) is 4.98 Å². The van der Waals surface area contributed by atoms with Crippen LogP contribution in [0.5, 0.6) is 0 Å². The summed E-state index contributed by atoms with van der Waals surface area (Å²) in [5, 5.41) is 1.80. The van der Waals surface area contributed by atoms with Crippen LogP contribution in [0.2, 0.25) is 0 Å². The maximum absolute atomic E-state index is 12.2. The molecule has 2 N–H and O–H groups in total. The number of nitrogens with zero attached hydrogens (tertiary/aromatic N) is 2. The molecule has 0 saturated carbocycles. The summed E-state index contributed by atoms with van der Waals surface area (Å²) >= 11 is 1.45. The predicted molar refractivity (Wildman–Crippen MR) is 64.4 cm³/mol. The van der Waals surface area contributed by atoms with Crippen molar-refractivity contribution in [2.75, 3.05) is 13.1 Å². The second kappa shape index (κ2) is 4.93. The van der Waals surface area contributed by atoms with Gasteiger partial charge in [-0.2, -0.15) is 0 Å². The summed E-state index contributed by atoms with van der Waals surface area (Å²) < 4.78 is 0. The highest BCUT2D eigenvalue weighted by Crippen LogP contribution is 2.23. The number of carbonyl (C=O) groups is 1. The summed E-state index contributed by atoms with van der Waals surface area (Å²) in [5.74, 6) is 0.691. The summed E-state index contributed by atoms with van der Waals surface area (Å²) in [5.41, 5.74) is 7.98. The lowest BCUT2D eigenvalue weighted by molar-refractivity contribution is 0.0568. The quantitative estimate of drug-likeness (QED) is 0.847. The third-order valence-corrected chi connectivity index (χ3v) is 3.75.